The Hall–Kier alpha value is -1.30. The molecule has 114 valence electrons. The summed E-state index contributed by atoms with van der Waals surface area (Å²) in [6.45, 7) is 4.52. The zero-order valence-corrected chi connectivity index (χ0v) is 13.3. The standard InChI is InChI=1S/C14H16Cl2N2O3/c1-3-21-7-6-18-12(19)14(2,17-13(18)20)10-5-4-9(15)8-11(10)16/h4-5,8H,3,6-7H2,1-2H3,(H,17,20)/t14-/m1/s1. The first kappa shape index (κ1) is 16.1. The number of hydrogen-bond donors (Lipinski definition) is 1. The van der Waals surface area contributed by atoms with Crippen molar-refractivity contribution in [1.29, 1.82) is 0 Å². The Labute approximate surface area is 133 Å². The Balaban J connectivity index is 2.27. The summed E-state index contributed by atoms with van der Waals surface area (Å²) in [5.74, 6) is -0.351. The molecule has 1 aromatic rings. The summed E-state index contributed by atoms with van der Waals surface area (Å²) >= 11 is 12.0. The van der Waals surface area contributed by atoms with Gasteiger partial charge in [0, 0.05) is 22.2 Å². The lowest BCUT2D eigenvalue weighted by atomic mass is 9.92. The molecule has 0 aromatic heterocycles. The number of urea groups is 1. The van der Waals surface area contributed by atoms with Gasteiger partial charge in [0.2, 0.25) is 0 Å². The van der Waals surface area contributed by atoms with Crippen molar-refractivity contribution in [2.45, 2.75) is 19.4 Å². The molecule has 3 amide bonds. The number of rotatable bonds is 5. The van der Waals surface area contributed by atoms with Gasteiger partial charge in [0.25, 0.3) is 5.91 Å². The molecule has 7 heteroatoms. The molecule has 1 aromatic carbocycles. The van der Waals surface area contributed by atoms with Crippen LogP contribution in [0.3, 0.4) is 0 Å². The Morgan fingerprint density at radius 2 is 2.05 bits per heavy atom. The molecule has 0 radical (unpaired) electrons. The van der Waals surface area contributed by atoms with Gasteiger partial charge >= 0.3 is 6.03 Å². The lowest BCUT2D eigenvalue weighted by Gasteiger charge is -2.23. The van der Waals surface area contributed by atoms with E-state index in [0.717, 1.165) is 4.90 Å². The van der Waals surface area contributed by atoms with Crippen molar-refractivity contribution in [1.82, 2.24) is 10.2 Å². The third-order valence-corrected chi connectivity index (χ3v) is 3.96. The average Bonchev–Trinajstić information content (AvgIpc) is 2.62. The van der Waals surface area contributed by atoms with Crippen molar-refractivity contribution in [3.05, 3.63) is 33.8 Å². The van der Waals surface area contributed by atoms with E-state index in [1.807, 2.05) is 6.92 Å². The number of carbonyl (C=O) groups excluding carboxylic acids is 2. The molecule has 0 bridgehead atoms. The van der Waals surface area contributed by atoms with Gasteiger partial charge in [0.1, 0.15) is 5.54 Å². The molecule has 1 fully saturated rings. The maximum Gasteiger partial charge on any atom is 0.325 e. The van der Waals surface area contributed by atoms with Crippen molar-refractivity contribution in [3.8, 4) is 0 Å². The molecular weight excluding hydrogens is 315 g/mol. The molecule has 1 saturated heterocycles. The maximum absolute atomic E-state index is 12.6. The highest BCUT2D eigenvalue weighted by Crippen LogP contribution is 2.34. The number of imide groups is 1. The molecule has 1 heterocycles. The van der Waals surface area contributed by atoms with Gasteiger partial charge < -0.3 is 10.1 Å². The Morgan fingerprint density at radius 3 is 2.67 bits per heavy atom. The summed E-state index contributed by atoms with van der Waals surface area (Å²) in [5.41, 5.74) is -0.670. The fourth-order valence-corrected chi connectivity index (χ4v) is 2.88. The highest BCUT2D eigenvalue weighted by Gasteiger charge is 2.49. The van der Waals surface area contributed by atoms with Crippen LogP contribution in [0.4, 0.5) is 4.79 Å². The van der Waals surface area contributed by atoms with Crippen LogP contribution in [0.5, 0.6) is 0 Å². The third kappa shape index (κ3) is 3.00. The van der Waals surface area contributed by atoms with Crippen LogP contribution in [0.2, 0.25) is 10.0 Å². The first-order chi connectivity index (χ1) is 9.90. The van der Waals surface area contributed by atoms with Crippen molar-refractivity contribution in [2.75, 3.05) is 19.8 Å². The maximum atomic E-state index is 12.6. The van der Waals surface area contributed by atoms with Gasteiger partial charge in [0.15, 0.2) is 0 Å². The molecule has 1 aliphatic heterocycles. The monoisotopic (exact) mass is 330 g/mol. The number of ether oxygens (including phenoxy) is 1. The second kappa shape index (κ2) is 6.22. The van der Waals surface area contributed by atoms with Crippen LogP contribution in [0, 0.1) is 0 Å². The van der Waals surface area contributed by atoms with E-state index in [-0.39, 0.29) is 12.5 Å². The molecule has 0 spiro atoms. The predicted octanol–water partition coefficient (Wildman–Crippen LogP) is 2.80. The SMILES string of the molecule is CCOCCN1C(=O)N[C@](C)(c2ccc(Cl)cc2Cl)C1=O. The van der Waals surface area contributed by atoms with Crippen molar-refractivity contribution in [2.24, 2.45) is 0 Å². The van der Waals surface area contributed by atoms with Crippen molar-refractivity contribution < 1.29 is 14.3 Å². The second-order valence-corrected chi connectivity index (χ2v) is 5.68. The van der Waals surface area contributed by atoms with Gasteiger partial charge in [-0.3, -0.25) is 9.69 Å². The fourth-order valence-electron chi connectivity index (χ4n) is 2.28. The number of nitrogens with zero attached hydrogens (tertiary/aromatic N) is 1. The van der Waals surface area contributed by atoms with Gasteiger partial charge in [-0.25, -0.2) is 4.79 Å². The van der Waals surface area contributed by atoms with Gasteiger partial charge in [-0.15, -0.1) is 0 Å². The minimum Gasteiger partial charge on any atom is -0.380 e. The Morgan fingerprint density at radius 1 is 1.33 bits per heavy atom. The van der Waals surface area contributed by atoms with Crippen LogP contribution in [0.1, 0.15) is 19.4 Å². The van der Waals surface area contributed by atoms with Gasteiger partial charge in [-0.1, -0.05) is 29.3 Å². The summed E-state index contributed by atoms with van der Waals surface area (Å²) in [6, 6.07) is 4.38. The summed E-state index contributed by atoms with van der Waals surface area (Å²) in [5, 5.41) is 3.50. The lowest BCUT2D eigenvalue weighted by Crippen LogP contribution is -2.41. The van der Waals surface area contributed by atoms with E-state index in [1.54, 1.807) is 25.1 Å². The second-order valence-electron chi connectivity index (χ2n) is 4.83. The largest absolute Gasteiger partial charge is 0.380 e. The average molecular weight is 331 g/mol. The normalized spacial score (nSPS) is 21.8. The molecule has 1 atom stereocenters. The smallest absolute Gasteiger partial charge is 0.325 e. The molecule has 5 nitrogen and oxygen atoms in total. The van der Waals surface area contributed by atoms with Crippen molar-refractivity contribution >= 4 is 35.1 Å². The number of carbonyl (C=O) groups is 2. The quantitative estimate of drug-likeness (QED) is 0.667. The lowest BCUT2D eigenvalue weighted by molar-refractivity contribution is -0.131. The van der Waals surface area contributed by atoms with Crippen LogP contribution in [0.15, 0.2) is 18.2 Å². The fraction of sp³-hybridized carbons (Fsp3) is 0.429. The number of nitrogens with one attached hydrogen (secondary N) is 1. The van der Waals surface area contributed by atoms with Crippen LogP contribution in [0.25, 0.3) is 0 Å². The summed E-state index contributed by atoms with van der Waals surface area (Å²) in [7, 11) is 0. The molecule has 0 saturated carbocycles. The highest BCUT2D eigenvalue weighted by molar-refractivity contribution is 6.35. The van der Waals surface area contributed by atoms with E-state index in [4.69, 9.17) is 27.9 Å². The number of hydrogen-bond acceptors (Lipinski definition) is 3. The molecule has 2 rings (SSSR count). The summed E-state index contributed by atoms with van der Waals surface area (Å²) in [6.07, 6.45) is 0. The van der Waals surface area contributed by atoms with E-state index in [0.29, 0.717) is 28.8 Å². The van der Waals surface area contributed by atoms with Crippen LogP contribution in [-0.4, -0.2) is 36.6 Å². The third-order valence-electron chi connectivity index (χ3n) is 3.41. The van der Waals surface area contributed by atoms with Gasteiger partial charge in [0.05, 0.1) is 13.2 Å². The van der Waals surface area contributed by atoms with E-state index in [1.165, 1.54) is 0 Å². The summed E-state index contributed by atoms with van der Waals surface area (Å²) in [4.78, 5) is 25.7. The van der Waals surface area contributed by atoms with Crippen LogP contribution in [-0.2, 0) is 15.1 Å². The topological polar surface area (TPSA) is 58.6 Å². The number of amides is 3. The molecule has 0 unspecified atom stereocenters. The van der Waals surface area contributed by atoms with E-state index >= 15 is 0 Å². The van der Waals surface area contributed by atoms with Crippen LogP contribution < -0.4 is 5.32 Å². The molecule has 1 aliphatic rings. The molecule has 1 N–H and O–H groups in total. The van der Waals surface area contributed by atoms with Gasteiger partial charge in [-0.2, -0.15) is 0 Å². The Bertz CT molecular complexity index is 579. The minimum atomic E-state index is -1.19. The van der Waals surface area contributed by atoms with Crippen LogP contribution >= 0.6 is 23.2 Å². The Kier molecular flexibility index (Phi) is 4.76. The van der Waals surface area contributed by atoms with Gasteiger partial charge in [-0.05, 0) is 26.0 Å². The first-order valence-corrected chi connectivity index (χ1v) is 7.33. The number of halogens is 2. The predicted molar refractivity (Wildman–Crippen MR) is 80.6 cm³/mol. The number of benzene rings is 1. The highest BCUT2D eigenvalue weighted by atomic mass is 35.5. The van der Waals surface area contributed by atoms with Crippen molar-refractivity contribution in [3.63, 3.8) is 0 Å². The zero-order chi connectivity index (χ0) is 15.6. The summed E-state index contributed by atoms with van der Waals surface area (Å²) < 4.78 is 5.19. The van der Waals surface area contributed by atoms with E-state index in [9.17, 15) is 9.59 Å². The molecule has 0 aliphatic carbocycles. The molecule has 21 heavy (non-hydrogen) atoms. The first-order valence-electron chi connectivity index (χ1n) is 6.57. The molecular formula is C14H16Cl2N2O3. The zero-order valence-electron chi connectivity index (χ0n) is 11.8. The van der Waals surface area contributed by atoms with E-state index in [2.05, 4.69) is 5.32 Å². The van der Waals surface area contributed by atoms with E-state index < -0.39 is 11.6 Å². The minimum absolute atomic E-state index is 0.208.